The molecule has 0 fully saturated rings. The van der Waals surface area contributed by atoms with Crippen molar-refractivity contribution in [2.75, 3.05) is 26.0 Å². The van der Waals surface area contributed by atoms with E-state index < -0.39 is 0 Å². The summed E-state index contributed by atoms with van der Waals surface area (Å²) in [6.45, 7) is 8.03. The topological polar surface area (TPSA) is 21.3 Å². The maximum atomic E-state index is 5.11. The van der Waals surface area contributed by atoms with Crippen LogP contribution in [0, 0.1) is 0 Å². The number of hydrogen-bond donors (Lipinski definition) is 1. The predicted molar refractivity (Wildman–Crippen MR) is 71.4 cm³/mol. The summed E-state index contributed by atoms with van der Waals surface area (Å²) < 4.78 is 5.11. The Hall–Kier alpha value is -0.930. The number of ether oxygens (including phenoxy) is 1. The molecular formula is C13H19NOS. The molecule has 2 nitrogen and oxygen atoms in total. The van der Waals surface area contributed by atoms with Gasteiger partial charge in [-0.2, -0.15) is 0 Å². The molecule has 0 bridgehead atoms. The summed E-state index contributed by atoms with van der Waals surface area (Å²) in [4.78, 5) is 1.25. The number of benzene rings is 1. The van der Waals surface area contributed by atoms with Gasteiger partial charge in [0.2, 0.25) is 0 Å². The summed E-state index contributed by atoms with van der Waals surface area (Å²) in [6.07, 6.45) is 0. The van der Waals surface area contributed by atoms with Crippen LogP contribution in [0.2, 0.25) is 0 Å². The number of likely N-dealkylation sites (N-methyl/N-ethyl adjacent to an activating group) is 1. The largest absolute Gasteiger partial charge is 0.497 e. The minimum atomic E-state index is 0.899. The summed E-state index contributed by atoms with van der Waals surface area (Å²) >= 11 is 1.80. The van der Waals surface area contributed by atoms with E-state index in [-0.39, 0.29) is 0 Å². The minimum absolute atomic E-state index is 0.899. The number of methoxy groups -OCH3 is 1. The molecule has 0 spiro atoms. The molecule has 1 aromatic carbocycles. The molecular weight excluding hydrogens is 218 g/mol. The van der Waals surface area contributed by atoms with Crippen molar-refractivity contribution in [1.82, 2.24) is 5.32 Å². The SMILES string of the molecule is C=C(CNCC)CSc1ccc(OC)cc1. The quantitative estimate of drug-likeness (QED) is 0.582. The van der Waals surface area contributed by atoms with Gasteiger partial charge >= 0.3 is 0 Å². The van der Waals surface area contributed by atoms with Crippen LogP contribution < -0.4 is 10.1 Å². The van der Waals surface area contributed by atoms with Crippen LogP contribution >= 0.6 is 11.8 Å². The summed E-state index contributed by atoms with van der Waals surface area (Å²) in [7, 11) is 1.68. The van der Waals surface area contributed by atoms with Crippen molar-refractivity contribution >= 4 is 11.8 Å². The van der Waals surface area contributed by atoms with Gasteiger partial charge in [0.05, 0.1) is 7.11 Å². The van der Waals surface area contributed by atoms with Crippen LogP contribution in [0.1, 0.15) is 6.92 Å². The molecule has 0 aliphatic heterocycles. The average Bonchev–Trinajstić information content (AvgIpc) is 2.34. The lowest BCUT2D eigenvalue weighted by Crippen LogP contribution is -2.16. The van der Waals surface area contributed by atoms with E-state index in [0.29, 0.717) is 0 Å². The first-order valence-electron chi connectivity index (χ1n) is 5.40. The molecule has 16 heavy (non-hydrogen) atoms. The molecule has 0 unspecified atom stereocenters. The zero-order valence-electron chi connectivity index (χ0n) is 9.95. The molecule has 0 saturated heterocycles. The molecule has 0 radical (unpaired) electrons. The molecule has 3 heteroatoms. The van der Waals surface area contributed by atoms with E-state index in [1.54, 1.807) is 18.9 Å². The van der Waals surface area contributed by atoms with Gasteiger partial charge in [0.15, 0.2) is 0 Å². The van der Waals surface area contributed by atoms with Crippen molar-refractivity contribution in [1.29, 1.82) is 0 Å². The smallest absolute Gasteiger partial charge is 0.118 e. The maximum Gasteiger partial charge on any atom is 0.118 e. The monoisotopic (exact) mass is 237 g/mol. The fourth-order valence-corrected chi connectivity index (χ4v) is 2.01. The lowest BCUT2D eigenvalue weighted by molar-refractivity contribution is 0.414. The molecule has 1 N–H and O–H groups in total. The van der Waals surface area contributed by atoms with E-state index in [0.717, 1.165) is 24.6 Å². The van der Waals surface area contributed by atoms with Gasteiger partial charge in [-0.3, -0.25) is 0 Å². The first kappa shape index (κ1) is 13.1. The summed E-state index contributed by atoms with van der Waals surface area (Å²) in [5.74, 6) is 1.86. The second kappa shape index (κ2) is 7.36. The van der Waals surface area contributed by atoms with Crippen molar-refractivity contribution in [2.45, 2.75) is 11.8 Å². The van der Waals surface area contributed by atoms with E-state index in [1.807, 2.05) is 12.1 Å². The van der Waals surface area contributed by atoms with Crippen LogP contribution in [0.4, 0.5) is 0 Å². The zero-order valence-corrected chi connectivity index (χ0v) is 10.8. The summed E-state index contributed by atoms with van der Waals surface area (Å²) in [5, 5.41) is 3.27. The summed E-state index contributed by atoms with van der Waals surface area (Å²) in [5.41, 5.74) is 1.22. The van der Waals surface area contributed by atoms with Gasteiger partial charge < -0.3 is 10.1 Å². The van der Waals surface area contributed by atoms with Crippen molar-refractivity contribution in [3.63, 3.8) is 0 Å². The number of nitrogens with one attached hydrogen (secondary N) is 1. The van der Waals surface area contributed by atoms with Gasteiger partial charge in [-0.1, -0.05) is 19.1 Å². The van der Waals surface area contributed by atoms with Crippen LogP contribution in [0.3, 0.4) is 0 Å². The van der Waals surface area contributed by atoms with Crippen molar-refractivity contribution in [2.24, 2.45) is 0 Å². The molecule has 0 amide bonds. The molecule has 0 aromatic heterocycles. The van der Waals surface area contributed by atoms with Crippen LogP contribution in [0.25, 0.3) is 0 Å². The Bertz CT molecular complexity index is 321. The van der Waals surface area contributed by atoms with E-state index in [2.05, 4.69) is 31.0 Å². The molecule has 88 valence electrons. The average molecular weight is 237 g/mol. The Morgan fingerprint density at radius 1 is 1.38 bits per heavy atom. The van der Waals surface area contributed by atoms with Gasteiger partial charge in [0.25, 0.3) is 0 Å². The molecule has 1 aromatic rings. The number of thioether (sulfide) groups is 1. The molecule has 0 aliphatic carbocycles. The lowest BCUT2D eigenvalue weighted by atomic mass is 10.3. The van der Waals surface area contributed by atoms with Gasteiger partial charge in [-0.15, -0.1) is 11.8 Å². The number of hydrogen-bond acceptors (Lipinski definition) is 3. The first-order valence-corrected chi connectivity index (χ1v) is 6.39. The van der Waals surface area contributed by atoms with Crippen molar-refractivity contribution in [3.05, 3.63) is 36.4 Å². The fraction of sp³-hybridized carbons (Fsp3) is 0.385. The van der Waals surface area contributed by atoms with Crippen LogP contribution in [0.15, 0.2) is 41.3 Å². The molecule has 0 atom stereocenters. The lowest BCUT2D eigenvalue weighted by Gasteiger charge is -2.06. The van der Waals surface area contributed by atoms with Crippen LogP contribution in [0.5, 0.6) is 5.75 Å². The van der Waals surface area contributed by atoms with Crippen LogP contribution in [-0.2, 0) is 0 Å². The Labute approximate surface area is 102 Å². The zero-order chi connectivity index (χ0) is 11.8. The normalized spacial score (nSPS) is 10.1. The molecule has 1 rings (SSSR count). The van der Waals surface area contributed by atoms with Gasteiger partial charge in [-0.05, 0) is 30.8 Å². The highest BCUT2D eigenvalue weighted by atomic mass is 32.2. The van der Waals surface area contributed by atoms with Crippen molar-refractivity contribution < 1.29 is 4.74 Å². The standard InChI is InChI=1S/C13H19NOS/c1-4-14-9-11(2)10-16-13-7-5-12(15-3)6-8-13/h5-8,14H,2,4,9-10H2,1,3H3. The Kier molecular flexibility index (Phi) is 6.04. The summed E-state index contributed by atoms with van der Waals surface area (Å²) in [6, 6.07) is 8.11. The van der Waals surface area contributed by atoms with Crippen LogP contribution in [-0.4, -0.2) is 26.0 Å². The molecule has 0 heterocycles. The first-order chi connectivity index (χ1) is 7.76. The van der Waals surface area contributed by atoms with Gasteiger partial charge in [-0.25, -0.2) is 0 Å². The minimum Gasteiger partial charge on any atom is -0.497 e. The van der Waals surface area contributed by atoms with Gasteiger partial charge in [0.1, 0.15) is 5.75 Å². The third-order valence-electron chi connectivity index (χ3n) is 2.13. The predicted octanol–water partition coefficient (Wildman–Crippen LogP) is 2.95. The molecule has 0 saturated carbocycles. The Morgan fingerprint density at radius 3 is 2.62 bits per heavy atom. The second-order valence-corrected chi connectivity index (χ2v) is 4.54. The molecule has 0 aliphatic rings. The maximum absolute atomic E-state index is 5.11. The highest BCUT2D eigenvalue weighted by molar-refractivity contribution is 7.99. The third kappa shape index (κ3) is 4.73. The Morgan fingerprint density at radius 2 is 2.06 bits per heavy atom. The van der Waals surface area contributed by atoms with Gasteiger partial charge in [0, 0.05) is 17.2 Å². The Balaban J connectivity index is 2.33. The van der Waals surface area contributed by atoms with E-state index in [1.165, 1.54) is 10.5 Å². The highest BCUT2D eigenvalue weighted by Gasteiger charge is 1.97. The van der Waals surface area contributed by atoms with E-state index in [9.17, 15) is 0 Å². The second-order valence-electron chi connectivity index (χ2n) is 3.49. The number of rotatable bonds is 7. The highest BCUT2D eigenvalue weighted by Crippen LogP contribution is 2.22. The van der Waals surface area contributed by atoms with E-state index in [4.69, 9.17) is 4.74 Å². The van der Waals surface area contributed by atoms with Crippen molar-refractivity contribution in [3.8, 4) is 5.75 Å². The fourth-order valence-electron chi connectivity index (χ4n) is 1.21. The third-order valence-corrected chi connectivity index (χ3v) is 3.29. The van der Waals surface area contributed by atoms with E-state index >= 15 is 0 Å².